The molecule has 1 atom stereocenters. The van der Waals surface area contributed by atoms with Crippen molar-refractivity contribution in [2.45, 2.75) is 18.4 Å². The van der Waals surface area contributed by atoms with E-state index in [9.17, 15) is 19.5 Å². The molecule has 35 heavy (non-hydrogen) atoms. The number of ether oxygens (including phenoxy) is 2. The first kappa shape index (κ1) is 24.4. The first-order chi connectivity index (χ1) is 17.0. The maximum Gasteiger partial charge on any atom is 0.407 e. The molecule has 0 saturated carbocycles. The van der Waals surface area contributed by atoms with E-state index in [-0.39, 0.29) is 38.7 Å². The van der Waals surface area contributed by atoms with Gasteiger partial charge in [-0.15, -0.1) is 11.3 Å². The zero-order chi connectivity index (χ0) is 24.6. The van der Waals surface area contributed by atoms with Crippen LogP contribution in [-0.2, 0) is 19.1 Å². The van der Waals surface area contributed by atoms with Crippen molar-refractivity contribution in [3.8, 4) is 11.1 Å². The molecule has 2 amide bonds. The van der Waals surface area contributed by atoms with E-state index >= 15 is 0 Å². The van der Waals surface area contributed by atoms with E-state index in [1.165, 1.54) is 22.5 Å². The number of carboxylic acid groups (broad SMARTS) is 1. The molecule has 1 aromatic heterocycles. The molecule has 2 aromatic carbocycles. The predicted octanol–water partition coefficient (Wildman–Crippen LogP) is 3.94. The average molecular weight is 495 g/mol. The predicted molar refractivity (Wildman–Crippen MR) is 131 cm³/mol. The molecule has 8 nitrogen and oxygen atoms in total. The minimum atomic E-state index is -1.12. The molecule has 1 unspecified atom stereocenters. The number of hydrogen-bond acceptors (Lipinski definition) is 6. The van der Waals surface area contributed by atoms with Crippen molar-refractivity contribution < 1.29 is 29.0 Å². The summed E-state index contributed by atoms with van der Waals surface area (Å²) in [5.41, 5.74) is 4.62. The Hall–Kier alpha value is -3.69. The molecule has 0 saturated heterocycles. The lowest BCUT2D eigenvalue weighted by Gasteiger charge is -2.15. The Morgan fingerprint density at radius 1 is 0.943 bits per heavy atom. The molecule has 3 N–H and O–H groups in total. The molecule has 4 rings (SSSR count). The van der Waals surface area contributed by atoms with Gasteiger partial charge in [-0.3, -0.25) is 4.79 Å². The third kappa shape index (κ3) is 6.06. The molecule has 1 aliphatic rings. The van der Waals surface area contributed by atoms with Crippen LogP contribution in [0.2, 0.25) is 0 Å². The van der Waals surface area contributed by atoms with Crippen molar-refractivity contribution in [1.29, 1.82) is 0 Å². The van der Waals surface area contributed by atoms with Gasteiger partial charge in [0.1, 0.15) is 6.61 Å². The maximum absolute atomic E-state index is 12.2. The second-order valence-electron chi connectivity index (χ2n) is 7.97. The normalized spacial score (nSPS) is 12.9. The fourth-order valence-corrected chi connectivity index (χ4v) is 4.85. The molecule has 0 bridgehead atoms. The number of nitrogens with one attached hydrogen (secondary N) is 2. The summed E-state index contributed by atoms with van der Waals surface area (Å²) in [5.74, 6) is -1.55. The van der Waals surface area contributed by atoms with Gasteiger partial charge < -0.3 is 25.2 Å². The number of fused-ring (bicyclic) bond motifs is 3. The molecule has 3 aromatic rings. The minimum Gasteiger partial charge on any atom is -0.479 e. The van der Waals surface area contributed by atoms with Crippen molar-refractivity contribution in [2.24, 2.45) is 0 Å². The van der Waals surface area contributed by atoms with Crippen LogP contribution in [-0.4, -0.2) is 49.4 Å². The summed E-state index contributed by atoms with van der Waals surface area (Å²) in [4.78, 5) is 36.1. The van der Waals surface area contributed by atoms with Gasteiger partial charge in [0.05, 0.1) is 13.2 Å². The number of benzene rings is 2. The highest BCUT2D eigenvalue weighted by Gasteiger charge is 2.29. The summed E-state index contributed by atoms with van der Waals surface area (Å²) in [6.45, 7) is 0.765. The molecule has 1 aliphatic carbocycles. The van der Waals surface area contributed by atoms with Crippen molar-refractivity contribution in [2.75, 3.05) is 26.4 Å². The van der Waals surface area contributed by atoms with Gasteiger partial charge in [-0.2, -0.15) is 0 Å². The highest BCUT2D eigenvalue weighted by atomic mass is 32.1. The monoisotopic (exact) mass is 494 g/mol. The van der Waals surface area contributed by atoms with Gasteiger partial charge in [0.2, 0.25) is 5.91 Å². The Morgan fingerprint density at radius 3 is 2.26 bits per heavy atom. The van der Waals surface area contributed by atoms with Gasteiger partial charge in [0, 0.05) is 23.8 Å². The molecule has 1 heterocycles. The number of amides is 2. The largest absolute Gasteiger partial charge is 0.479 e. The summed E-state index contributed by atoms with van der Waals surface area (Å²) in [6.07, 6.45) is -0.520. The number of alkyl carbamates (subject to hydrolysis) is 1. The van der Waals surface area contributed by atoms with E-state index in [1.54, 1.807) is 17.5 Å². The molecular formula is C26H26N2O6S. The van der Waals surface area contributed by atoms with Crippen LogP contribution < -0.4 is 10.6 Å². The quantitative estimate of drug-likeness (QED) is 0.348. The molecule has 0 radical (unpaired) electrons. The molecule has 9 heteroatoms. The number of carbonyl (C=O) groups excluding carboxylic acids is 2. The van der Waals surface area contributed by atoms with Gasteiger partial charge in [0.15, 0.2) is 6.04 Å². The fraction of sp³-hybridized carbons (Fsp3) is 0.269. The number of carboxylic acids is 1. The molecule has 0 aliphatic heterocycles. The van der Waals surface area contributed by atoms with Crippen LogP contribution in [0.15, 0.2) is 66.0 Å². The SMILES string of the molecule is O=C(CCOCCNC(=O)OCC1c2ccccc2-c2ccccc21)NC(C(=O)O)c1cccs1. The third-order valence-electron chi connectivity index (χ3n) is 5.71. The van der Waals surface area contributed by atoms with Crippen molar-refractivity contribution >= 4 is 29.3 Å². The maximum atomic E-state index is 12.2. The highest BCUT2D eigenvalue weighted by molar-refractivity contribution is 7.10. The summed E-state index contributed by atoms with van der Waals surface area (Å²) in [5, 5.41) is 16.2. The summed E-state index contributed by atoms with van der Waals surface area (Å²) >= 11 is 1.27. The third-order valence-corrected chi connectivity index (χ3v) is 6.65. The van der Waals surface area contributed by atoms with E-state index in [1.807, 2.05) is 24.3 Å². The van der Waals surface area contributed by atoms with E-state index in [4.69, 9.17) is 9.47 Å². The molecular weight excluding hydrogens is 468 g/mol. The van der Waals surface area contributed by atoms with Crippen LogP contribution in [0, 0.1) is 0 Å². The summed E-state index contributed by atoms with van der Waals surface area (Å²) in [6, 6.07) is 18.6. The fourth-order valence-electron chi connectivity index (χ4n) is 4.08. The van der Waals surface area contributed by atoms with Gasteiger partial charge in [0.25, 0.3) is 0 Å². The van der Waals surface area contributed by atoms with Crippen molar-refractivity contribution in [1.82, 2.24) is 10.6 Å². The Bertz CT molecular complexity index is 1130. The van der Waals surface area contributed by atoms with E-state index in [0.717, 1.165) is 11.1 Å². The Kier molecular flexibility index (Phi) is 8.12. The molecule has 182 valence electrons. The number of rotatable bonds is 11. The van der Waals surface area contributed by atoms with Crippen molar-refractivity contribution in [3.63, 3.8) is 0 Å². The smallest absolute Gasteiger partial charge is 0.407 e. The first-order valence-corrected chi connectivity index (χ1v) is 12.1. The number of carbonyl (C=O) groups is 3. The lowest BCUT2D eigenvalue weighted by atomic mass is 9.98. The number of hydrogen-bond donors (Lipinski definition) is 3. The lowest BCUT2D eigenvalue weighted by Crippen LogP contribution is -2.34. The number of aliphatic carboxylic acids is 1. The van der Waals surface area contributed by atoms with E-state index < -0.39 is 24.0 Å². The van der Waals surface area contributed by atoms with Crippen LogP contribution in [0.1, 0.15) is 34.4 Å². The van der Waals surface area contributed by atoms with Crippen LogP contribution in [0.25, 0.3) is 11.1 Å². The topological polar surface area (TPSA) is 114 Å². The first-order valence-electron chi connectivity index (χ1n) is 11.3. The zero-order valence-electron chi connectivity index (χ0n) is 18.9. The van der Waals surface area contributed by atoms with Crippen LogP contribution in [0.4, 0.5) is 4.79 Å². The second-order valence-corrected chi connectivity index (χ2v) is 8.95. The zero-order valence-corrected chi connectivity index (χ0v) is 19.8. The lowest BCUT2D eigenvalue weighted by molar-refractivity contribution is -0.142. The second kappa shape index (κ2) is 11.6. The van der Waals surface area contributed by atoms with Gasteiger partial charge in [-0.1, -0.05) is 54.6 Å². The number of thiophene rings is 1. The molecule has 0 spiro atoms. The molecule has 0 fully saturated rings. The average Bonchev–Trinajstić information content (AvgIpc) is 3.50. The Morgan fingerprint density at radius 2 is 1.63 bits per heavy atom. The van der Waals surface area contributed by atoms with Gasteiger partial charge in [-0.05, 0) is 33.7 Å². The summed E-state index contributed by atoms with van der Waals surface area (Å²) in [7, 11) is 0. The standard InChI is InChI=1S/C26H26N2O6S/c29-23(28-24(25(30)31)22-10-5-15-35-22)11-13-33-14-12-27-26(32)34-16-21-19-8-3-1-6-17(19)18-7-2-4-9-20(18)21/h1-10,15,21,24H,11-14,16H2,(H,27,32)(H,28,29)(H,30,31). The summed E-state index contributed by atoms with van der Waals surface area (Å²) < 4.78 is 10.8. The van der Waals surface area contributed by atoms with Crippen LogP contribution in [0.3, 0.4) is 0 Å². The van der Waals surface area contributed by atoms with E-state index in [2.05, 4.69) is 34.9 Å². The van der Waals surface area contributed by atoms with Gasteiger partial charge in [-0.25, -0.2) is 9.59 Å². The minimum absolute atomic E-state index is 0.00767. The van der Waals surface area contributed by atoms with Crippen molar-refractivity contribution in [3.05, 3.63) is 82.0 Å². The van der Waals surface area contributed by atoms with Gasteiger partial charge >= 0.3 is 12.1 Å². The Labute approximate surface area is 206 Å². The van der Waals surface area contributed by atoms with E-state index in [0.29, 0.717) is 4.88 Å². The highest BCUT2D eigenvalue weighted by Crippen LogP contribution is 2.44. The van der Waals surface area contributed by atoms with Crippen LogP contribution >= 0.6 is 11.3 Å². The van der Waals surface area contributed by atoms with Crippen LogP contribution in [0.5, 0.6) is 0 Å². The Balaban J connectivity index is 1.13.